The molecule has 0 saturated heterocycles. The van der Waals surface area contributed by atoms with Crippen LogP contribution in [0.15, 0.2) is 29.3 Å². The van der Waals surface area contributed by atoms with E-state index in [1.807, 2.05) is 45.3 Å². The molecular weight excluding hydrogens is 479 g/mol. The molecule has 0 radical (unpaired) electrons. The number of likely N-dealkylation sites (N-methyl/N-ethyl adjacent to an activating group) is 1. The second-order valence-corrected chi connectivity index (χ2v) is 8.95. The largest absolute Gasteiger partial charge is 0.492 e. The number of nitrogens with zero attached hydrogens (tertiary/aromatic N) is 2. The van der Waals surface area contributed by atoms with Crippen molar-refractivity contribution in [1.82, 2.24) is 15.5 Å². The van der Waals surface area contributed by atoms with Crippen LogP contribution in [-0.2, 0) is 16.4 Å². The van der Waals surface area contributed by atoms with Crippen molar-refractivity contribution in [2.24, 2.45) is 4.99 Å². The zero-order valence-corrected chi connectivity index (χ0v) is 20.0. The standard InChI is InChI=1S/C18H32N4O3S.HI/c1-15(9-12-26(5,23)24)21-18(19-2)20-14-16-7-6-8-17(13-16)25-11-10-22(3)4;/h6-8,13,15H,9-12,14H2,1-5H3,(H2,19,20,21);1H. The van der Waals surface area contributed by atoms with E-state index in [9.17, 15) is 8.42 Å². The predicted octanol–water partition coefficient (Wildman–Crippen LogP) is 1.73. The molecule has 0 spiro atoms. The maximum Gasteiger partial charge on any atom is 0.191 e. The highest BCUT2D eigenvalue weighted by Crippen LogP contribution is 2.13. The summed E-state index contributed by atoms with van der Waals surface area (Å²) in [6.07, 6.45) is 1.79. The fraction of sp³-hybridized carbons (Fsp3) is 0.611. The second-order valence-electron chi connectivity index (χ2n) is 6.69. The van der Waals surface area contributed by atoms with Gasteiger partial charge in [-0.15, -0.1) is 24.0 Å². The lowest BCUT2D eigenvalue weighted by molar-refractivity contribution is 0.261. The van der Waals surface area contributed by atoms with Gasteiger partial charge in [0.15, 0.2) is 5.96 Å². The fourth-order valence-electron chi connectivity index (χ4n) is 2.17. The number of hydrogen-bond donors (Lipinski definition) is 2. The number of halogens is 1. The van der Waals surface area contributed by atoms with Crippen molar-refractivity contribution in [2.75, 3.05) is 46.3 Å². The Labute approximate surface area is 180 Å². The molecule has 1 unspecified atom stereocenters. The molecule has 156 valence electrons. The summed E-state index contributed by atoms with van der Waals surface area (Å²) in [4.78, 5) is 6.26. The van der Waals surface area contributed by atoms with Crippen LogP contribution >= 0.6 is 24.0 Å². The van der Waals surface area contributed by atoms with Crippen molar-refractivity contribution >= 4 is 39.8 Å². The van der Waals surface area contributed by atoms with Crippen molar-refractivity contribution < 1.29 is 13.2 Å². The first kappa shape index (κ1) is 25.9. The second kappa shape index (κ2) is 13.2. The van der Waals surface area contributed by atoms with Gasteiger partial charge in [0.2, 0.25) is 0 Å². The van der Waals surface area contributed by atoms with Crippen molar-refractivity contribution in [1.29, 1.82) is 0 Å². The van der Waals surface area contributed by atoms with Crippen LogP contribution in [0.25, 0.3) is 0 Å². The smallest absolute Gasteiger partial charge is 0.191 e. The van der Waals surface area contributed by atoms with E-state index in [0.717, 1.165) is 17.9 Å². The minimum absolute atomic E-state index is 0. The molecule has 9 heteroatoms. The van der Waals surface area contributed by atoms with Crippen LogP contribution in [-0.4, -0.2) is 71.6 Å². The molecule has 1 aromatic rings. The van der Waals surface area contributed by atoms with E-state index in [0.29, 0.717) is 25.5 Å². The van der Waals surface area contributed by atoms with Crippen molar-refractivity contribution in [3.05, 3.63) is 29.8 Å². The van der Waals surface area contributed by atoms with Gasteiger partial charge in [-0.25, -0.2) is 8.42 Å². The first-order valence-electron chi connectivity index (χ1n) is 8.71. The van der Waals surface area contributed by atoms with Gasteiger partial charge >= 0.3 is 0 Å². The van der Waals surface area contributed by atoms with Gasteiger partial charge in [0, 0.05) is 32.4 Å². The average molecular weight is 512 g/mol. The van der Waals surface area contributed by atoms with E-state index in [4.69, 9.17) is 4.74 Å². The zero-order chi connectivity index (χ0) is 19.6. The van der Waals surface area contributed by atoms with Gasteiger partial charge in [-0.2, -0.15) is 0 Å². The van der Waals surface area contributed by atoms with Crippen molar-refractivity contribution in [3.8, 4) is 5.75 Å². The van der Waals surface area contributed by atoms with E-state index in [1.54, 1.807) is 7.05 Å². The van der Waals surface area contributed by atoms with Crippen molar-refractivity contribution in [3.63, 3.8) is 0 Å². The molecule has 0 aromatic heterocycles. The maximum atomic E-state index is 11.3. The number of hydrogen-bond acceptors (Lipinski definition) is 5. The molecule has 27 heavy (non-hydrogen) atoms. The number of benzene rings is 1. The first-order valence-corrected chi connectivity index (χ1v) is 10.8. The molecule has 0 saturated carbocycles. The summed E-state index contributed by atoms with van der Waals surface area (Å²) in [6.45, 7) is 4.05. The molecule has 2 N–H and O–H groups in total. The third-order valence-corrected chi connectivity index (χ3v) is 4.67. The summed E-state index contributed by atoms with van der Waals surface area (Å²) >= 11 is 0. The van der Waals surface area contributed by atoms with Gasteiger partial charge in [-0.3, -0.25) is 4.99 Å². The van der Waals surface area contributed by atoms with E-state index >= 15 is 0 Å². The molecule has 0 aliphatic rings. The van der Waals surface area contributed by atoms with Crippen LogP contribution in [0.3, 0.4) is 0 Å². The fourth-order valence-corrected chi connectivity index (χ4v) is 2.95. The number of rotatable bonds is 10. The molecular formula is C18H33IN4O3S. The Kier molecular flexibility index (Phi) is 12.6. The maximum absolute atomic E-state index is 11.3. The highest BCUT2D eigenvalue weighted by molar-refractivity contribution is 14.0. The van der Waals surface area contributed by atoms with E-state index in [2.05, 4.69) is 20.5 Å². The topological polar surface area (TPSA) is 83.0 Å². The van der Waals surface area contributed by atoms with Crippen LogP contribution < -0.4 is 15.4 Å². The lowest BCUT2D eigenvalue weighted by Crippen LogP contribution is -2.42. The number of guanidine groups is 1. The highest BCUT2D eigenvalue weighted by atomic mass is 127. The van der Waals surface area contributed by atoms with Gasteiger partial charge < -0.3 is 20.3 Å². The summed E-state index contributed by atoms with van der Waals surface area (Å²) in [7, 11) is 2.77. The summed E-state index contributed by atoms with van der Waals surface area (Å²) < 4.78 is 28.3. The van der Waals surface area contributed by atoms with E-state index < -0.39 is 9.84 Å². The van der Waals surface area contributed by atoms with Crippen LogP contribution in [0.2, 0.25) is 0 Å². The lowest BCUT2D eigenvalue weighted by atomic mass is 10.2. The zero-order valence-electron chi connectivity index (χ0n) is 16.9. The minimum atomic E-state index is -2.95. The molecule has 0 fully saturated rings. The Hall–Kier alpha value is -1.07. The molecule has 1 atom stereocenters. The number of nitrogens with one attached hydrogen (secondary N) is 2. The predicted molar refractivity (Wildman–Crippen MR) is 123 cm³/mol. The molecule has 1 rings (SSSR count). The highest BCUT2D eigenvalue weighted by Gasteiger charge is 2.09. The van der Waals surface area contributed by atoms with Crippen molar-refractivity contribution in [2.45, 2.75) is 25.9 Å². The minimum Gasteiger partial charge on any atom is -0.492 e. The summed E-state index contributed by atoms with van der Waals surface area (Å²) in [5.74, 6) is 1.64. The Bertz CT molecular complexity index is 681. The molecule has 0 heterocycles. The van der Waals surface area contributed by atoms with Crippen LogP contribution in [0, 0.1) is 0 Å². The van der Waals surface area contributed by atoms with E-state index in [1.165, 1.54) is 6.26 Å². The third-order valence-electron chi connectivity index (χ3n) is 3.69. The van der Waals surface area contributed by atoms with Crippen LogP contribution in [0.5, 0.6) is 5.75 Å². The first-order chi connectivity index (χ1) is 12.2. The summed E-state index contributed by atoms with van der Waals surface area (Å²) in [5.41, 5.74) is 1.08. The van der Waals surface area contributed by atoms with E-state index in [-0.39, 0.29) is 35.8 Å². The molecule has 7 nitrogen and oxygen atoms in total. The third kappa shape index (κ3) is 12.9. The summed E-state index contributed by atoms with van der Waals surface area (Å²) in [5, 5.41) is 6.45. The van der Waals surface area contributed by atoms with Gasteiger partial charge in [0.05, 0.1) is 5.75 Å². The molecule has 0 amide bonds. The molecule has 0 aliphatic carbocycles. The summed E-state index contributed by atoms with van der Waals surface area (Å²) in [6, 6.07) is 7.94. The van der Waals surface area contributed by atoms with Gasteiger partial charge in [0.25, 0.3) is 0 Å². The van der Waals surface area contributed by atoms with Gasteiger partial charge in [0.1, 0.15) is 22.2 Å². The monoisotopic (exact) mass is 512 g/mol. The number of aliphatic imine (C=N–C) groups is 1. The Morgan fingerprint density at radius 3 is 2.63 bits per heavy atom. The molecule has 0 bridgehead atoms. The number of sulfone groups is 1. The number of ether oxygens (including phenoxy) is 1. The van der Waals surface area contributed by atoms with Crippen LogP contribution in [0.4, 0.5) is 0 Å². The Balaban J connectivity index is 0.00000676. The quantitative estimate of drug-likeness (QED) is 0.283. The van der Waals surface area contributed by atoms with Gasteiger partial charge in [-0.05, 0) is 45.1 Å². The average Bonchev–Trinajstić information content (AvgIpc) is 2.56. The van der Waals surface area contributed by atoms with Crippen LogP contribution in [0.1, 0.15) is 18.9 Å². The lowest BCUT2D eigenvalue weighted by Gasteiger charge is -2.18. The Morgan fingerprint density at radius 2 is 2.04 bits per heavy atom. The SMILES string of the molecule is CN=C(NCc1cccc(OCCN(C)C)c1)NC(C)CCS(C)(=O)=O.I. The Morgan fingerprint density at radius 1 is 1.33 bits per heavy atom. The molecule has 0 aliphatic heterocycles. The normalized spacial score (nSPS) is 13.0. The van der Waals surface area contributed by atoms with Gasteiger partial charge in [-0.1, -0.05) is 12.1 Å². The molecule has 1 aromatic carbocycles.